The van der Waals surface area contributed by atoms with Gasteiger partial charge in [0, 0.05) is 6.04 Å². The van der Waals surface area contributed by atoms with Crippen molar-refractivity contribution in [2.24, 2.45) is 5.73 Å². The molecule has 0 amide bonds. The highest BCUT2D eigenvalue weighted by Crippen LogP contribution is 2.25. The van der Waals surface area contributed by atoms with E-state index in [-0.39, 0.29) is 12.1 Å². The van der Waals surface area contributed by atoms with Crippen LogP contribution in [-0.4, -0.2) is 24.5 Å². The fourth-order valence-electron chi connectivity index (χ4n) is 2.08. The summed E-state index contributed by atoms with van der Waals surface area (Å²) in [5, 5.41) is 0. The van der Waals surface area contributed by atoms with Gasteiger partial charge in [0.2, 0.25) is 0 Å². The van der Waals surface area contributed by atoms with Gasteiger partial charge in [0.15, 0.2) is 0 Å². The summed E-state index contributed by atoms with van der Waals surface area (Å²) in [7, 11) is 2.11. The molecule has 1 heterocycles. The van der Waals surface area contributed by atoms with Crippen LogP contribution in [0.1, 0.15) is 44.3 Å². The van der Waals surface area contributed by atoms with Gasteiger partial charge in [-0.15, -0.1) is 0 Å². The molecule has 2 unspecified atom stereocenters. The molecule has 0 aromatic carbocycles. The summed E-state index contributed by atoms with van der Waals surface area (Å²) >= 11 is 0. The zero-order valence-corrected chi connectivity index (χ0v) is 10.9. The molecule has 16 heavy (non-hydrogen) atoms. The molecule has 92 valence electrons. The lowest BCUT2D eigenvalue weighted by Gasteiger charge is -2.30. The van der Waals surface area contributed by atoms with Crippen LogP contribution in [-0.2, 0) is 0 Å². The van der Waals surface area contributed by atoms with Crippen LogP contribution in [0.25, 0.3) is 0 Å². The molecule has 0 saturated carbocycles. The molecule has 0 aliphatic rings. The number of nitrogens with zero attached hydrogens (tertiary/aromatic N) is 1. The fourth-order valence-corrected chi connectivity index (χ4v) is 2.08. The lowest BCUT2D eigenvalue weighted by atomic mass is 10.0. The van der Waals surface area contributed by atoms with Crippen LogP contribution in [0.2, 0.25) is 0 Å². The zero-order chi connectivity index (χ0) is 12.1. The summed E-state index contributed by atoms with van der Waals surface area (Å²) < 4.78 is 5.71. The Kier molecular flexibility index (Phi) is 5.03. The summed E-state index contributed by atoms with van der Waals surface area (Å²) in [4.78, 5) is 2.28. The highest BCUT2D eigenvalue weighted by atomic mass is 16.3. The first-order chi connectivity index (χ1) is 7.60. The third kappa shape index (κ3) is 3.09. The number of rotatable bonds is 6. The topological polar surface area (TPSA) is 42.4 Å². The van der Waals surface area contributed by atoms with Crippen LogP contribution in [0.5, 0.6) is 0 Å². The second kappa shape index (κ2) is 6.06. The molecule has 2 N–H and O–H groups in total. The van der Waals surface area contributed by atoms with E-state index in [9.17, 15) is 0 Å². The van der Waals surface area contributed by atoms with Gasteiger partial charge in [-0.1, -0.05) is 13.8 Å². The standard InChI is InChI=1S/C13H24N2O/c1-5-9-15(4)13(11(14)6-2)12-8-7-10(3)16-12/h7-8,11,13H,5-6,9,14H2,1-4H3. The lowest BCUT2D eigenvalue weighted by Crippen LogP contribution is -2.39. The van der Waals surface area contributed by atoms with Crippen molar-refractivity contribution in [1.29, 1.82) is 0 Å². The molecule has 1 aromatic rings. The molecule has 2 atom stereocenters. The first-order valence-electron chi connectivity index (χ1n) is 6.12. The second-order valence-corrected chi connectivity index (χ2v) is 4.45. The monoisotopic (exact) mass is 224 g/mol. The lowest BCUT2D eigenvalue weighted by molar-refractivity contribution is 0.182. The minimum atomic E-state index is 0.127. The first kappa shape index (κ1) is 13.3. The Hall–Kier alpha value is -0.800. The van der Waals surface area contributed by atoms with Gasteiger partial charge in [-0.25, -0.2) is 0 Å². The number of nitrogens with two attached hydrogens (primary N) is 1. The van der Waals surface area contributed by atoms with E-state index < -0.39 is 0 Å². The van der Waals surface area contributed by atoms with Crippen molar-refractivity contribution in [3.63, 3.8) is 0 Å². The average molecular weight is 224 g/mol. The first-order valence-corrected chi connectivity index (χ1v) is 6.12. The maximum Gasteiger partial charge on any atom is 0.122 e. The Balaban J connectivity index is 2.86. The maximum absolute atomic E-state index is 6.19. The van der Waals surface area contributed by atoms with Crippen molar-refractivity contribution in [3.05, 3.63) is 23.7 Å². The second-order valence-electron chi connectivity index (χ2n) is 4.45. The largest absolute Gasteiger partial charge is 0.465 e. The fraction of sp³-hybridized carbons (Fsp3) is 0.692. The van der Waals surface area contributed by atoms with Crippen LogP contribution in [0.4, 0.5) is 0 Å². The third-order valence-electron chi connectivity index (χ3n) is 2.98. The molecular weight excluding hydrogens is 200 g/mol. The van der Waals surface area contributed by atoms with Crippen molar-refractivity contribution in [1.82, 2.24) is 4.90 Å². The van der Waals surface area contributed by atoms with Crippen LogP contribution >= 0.6 is 0 Å². The minimum Gasteiger partial charge on any atom is -0.465 e. The molecule has 0 aliphatic heterocycles. The van der Waals surface area contributed by atoms with Crippen LogP contribution < -0.4 is 5.73 Å². The van der Waals surface area contributed by atoms with E-state index in [1.54, 1.807) is 0 Å². The van der Waals surface area contributed by atoms with Gasteiger partial charge in [-0.2, -0.15) is 0 Å². The van der Waals surface area contributed by atoms with Gasteiger partial charge in [-0.3, -0.25) is 4.90 Å². The van der Waals surface area contributed by atoms with E-state index >= 15 is 0 Å². The maximum atomic E-state index is 6.19. The highest BCUT2D eigenvalue weighted by molar-refractivity contribution is 5.12. The van der Waals surface area contributed by atoms with Crippen molar-refractivity contribution in [2.75, 3.05) is 13.6 Å². The quantitative estimate of drug-likeness (QED) is 0.808. The van der Waals surface area contributed by atoms with Crippen molar-refractivity contribution in [3.8, 4) is 0 Å². The number of aryl methyl sites for hydroxylation is 1. The number of furan rings is 1. The van der Waals surface area contributed by atoms with Crippen molar-refractivity contribution < 1.29 is 4.42 Å². The molecule has 0 saturated heterocycles. The van der Waals surface area contributed by atoms with Crippen LogP contribution in [0, 0.1) is 6.92 Å². The Morgan fingerprint density at radius 2 is 2.06 bits per heavy atom. The molecule has 0 spiro atoms. The van der Waals surface area contributed by atoms with Gasteiger partial charge in [0.05, 0.1) is 6.04 Å². The predicted octanol–water partition coefficient (Wildman–Crippen LogP) is 2.71. The summed E-state index contributed by atoms with van der Waals surface area (Å²) in [5.41, 5.74) is 6.19. The number of hydrogen-bond acceptors (Lipinski definition) is 3. The van der Waals surface area contributed by atoms with Gasteiger partial charge in [-0.05, 0) is 45.5 Å². The molecule has 0 fully saturated rings. The van der Waals surface area contributed by atoms with E-state index in [0.717, 1.165) is 30.9 Å². The van der Waals surface area contributed by atoms with Gasteiger partial charge < -0.3 is 10.2 Å². The van der Waals surface area contributed by atoms with Gasteiger partial charge in [0.1, 0.15) is 11.5 Å². The summed E-state index contributed by atoms with van der Waals surface area (Å²) in [6.45, 7) is 7.31. The van der Waals surface area contributed by atoms with E-state index in [4.69, 9.17) is 10.2 Å². The predicted molar refractivity (Wildman–Crippen MR) is 67.4 cm³/mol. The number of hydrogen-bond donors (Lipinski definition) is 1. The Morgan fingerprint density at radius 1 is 1.38 bits per heavy atom. The highest BCUT2D eigenvalue weighted by Gasteiger charge is 2.25. The molecule has 3 nitrogen and oxygen atoms in total. The molecule has 3 heteroatoms. The van der Waals surface area contributed by atoms with Gasteiger partial charge >= 0.3 is 0 Å². The smallest absolute Gasteiger partial charge is 0.122 e. The summed E-state index contributed by atoms with van der Waals surface area (Å²) in [6.07, 6.45) is 2.08. The SMILES string of the molecule is CCCN(C)C(c1ccc(C)o1)C(N)CC. The zero-order valence-electron chi connectivity index (χ0n) is 10.9. The number of likely N-dealkylation sites (N-methyl/N-ethyl adjacent to an activating group) is 1. The molecule has 0 bridgehead atoms. The van der Waals surface area contributed by atoms with Crippen LogP contribution in [0.3, 0.4) is 0 Å². The normalized spacial score (nSPS) is 15.4. The van der Waals surface area contributed by atoms with E-state index in [2.05, 4.69) is 25.8 Å². The molecule has 0 aliphatic carbocycles. The summed E-state index contributed by atoms with van der Waals surface area (Å²) in [5.74, 6) is 1.94. The molecule has 0 radical (unpaired) electrons. The van der Waals surface area contributed by atoms with Gasteiger partial charge in [0.25, 0.3) is 0 Å². The van der Waals surface area contributed by atoms with E-state index in [0.29, 0.717) is 0 Å². The third-order valence-corrected chi connectivity index (χ3v) is 2.98. The van der Waals surface area contributed by atoms with Crippen LogP contribution in [0.15, 0.2) is 16.5 Å². The Morgan fingerprint density at radius 3 is 2.50 bits per heavy atom. The minimum absolute atomic E-state index is 0.127. The van der Waals surface area contributed by atoms with Crippen molar-refractivity contribution >= 4 is 0 Å². The molecule has 1 rings (SSSR count). The average Bonchev–Trinajstić information content (AvgIpc) is 2.65. The Bertz CT molecular complexity index is 309. The summed E-state index contributed by atoms with van der Waals surface area (Å²) in [6, 6.07) is 4.37. The van der Waals surface area contributed by atoms with E-state index in [1.807, 2.05) is 19.1 Å². The van der Waals surface area contributed by atoms with Crippen molar-refractivity contribution in [2.45, 2.75) is 45.7 Å². The molecule has 1 aromatic heterocycles. The molecular formula is C13H24N2O. The Labute approximate surface area is 98.6 Å². The van der Waals surface area contributed by atoms with E-state index in [1.165, 1.54) is 0 Å².